The van der Waals surface area contributed by atoms with Gasteiger partial charge in [-0.25, -0.2) is 0 Å². The van der Waals surface area contributed by atoms with Crippen molar-refractivity contribution in [2.75, 3.05) is 20.4 Å². The van der Waals surface area contributed by atoms with Crippen molar-refractivity contribution in [3.05, 3.63) is 65.7 Å². The van der Waals surface area contributed by atoms with E-state index in [1.165, 1.54) is 0 Å². The van der Waals surface area contributed by atoms with Crippen molar-refractivity contribution < 1.29 is 14.3 Å². The van der Waals surface area contributed by atoms with Crippen LogP contribution in [0.25, 0.3) is 0 Å². The third kappa shape index (κ3) is 6.59. The number of nitrogens with zero attached hydrogens (tertiary/aromatic N) is 1. The molecular formula is C21H27NO3. The largest absolute Gasteiger partial charge is 0.489 e. The molecule has 1 amide bonds. The molecule has 0 spiro atoms. The van der Waals surface area contributed by atoms with Crippen LogP contribution in [0.4, 0.5) is 0 Å². The summed E-state index contributed by atoms with van der Waals surface area (Å²) in [5.41, 5.74) is 2.28. The standard InChI is InChI=1S/C21H27NO3/c1-3-15-22(17-24-2)21(23)14-11-18-9-12-20(13-10-18)25-16-19-7-5-4-6-8-19/h4-10,12-13H,3,11,14-17H2,1-2H3. The minimum absolute atomic E-state index is 0.133. The summed E-state index contributed by atoms with van der Waals surface area (Å²) in [7, 11) is 1.62. The van der Waals surface area contributed by atoms with Gasteiger partial charge in [0.1, 0.15) is 19.1 Å². The zero-order chi connectivity index (χ0) is 17.9. The molecule has 0 saturated heterocycles. The van der Waals surface area contributed by atoms with Crippen LogP contribution in [0, 0.1) is 0 Å². The van der Waals surface area contributed by atoms with Crippen LogP contribution in [0.15, 0.2) is 54.6 Å². The first-order valence-corrected chi connectivity index (χ1v) is 8.75. The summed E-state index contributed by atoms with van der Waals surface area (Å²) in [6, 6.07) is 18.1. The summed E-state index contributed by atoms with van der Waals surface area (Å²) in [6.45, 7) is 3.71. The van der Waals surface area contributed by atoms with Gasteiger partial charge in [-0.1, -0.05) is 49.4 Å². The summed E-state index contributed by atoms with van der Waals surface area (Å²) in [4.78, 5) is 14.0. The maximum atomic E-state index is 12.2. The first-order valence-electron chi connectivity index (χ1n) is 8.75. The molecule has 0 aromatic heterocycles. The van der Waals surface area contributed by atoms with E-state index in [1.807, 2.05) is 54.6 Å². The van der Waals surface area contributed by atoms with Gasteiger partial charge in [0.25, 0.3) is 0 Å². The Hall–Kier alpha value is -2.33. The second-order valence-corrected chi connectivity index (χ2v) is 5.99. The molecule has 0 N–H and O–H groups in total. The van der Waals surface area contributed by atoms with Crippen LogP contribution in [0.2, 0.25) is 0 Å². The maximum absolute atomic E-state index is 12.2. The van der Waals surface area contributed by atoms with Crippen LogP contribution in [0.5, 0.6) is 5.75 Å². The number of benzene rings is 2. The fraction of sp³-hybridized carbons (Fsp3) is 0.381. The summed E-state index contributed by atoms with van der Waals surface area (Å²) in [5, 5.41) is 0. The van der Waals surface area contributed by atoms with Crippen molar-refractivity contribution >= 4 is 5.91 Å². The predicted molar refractivity (Wildman–Crippen MR) is 99.4 cm³/mol. The van der Waals surface area contributed by atoms with Gasteiger partial charge in [0.05, 0.1) is 0 Å². The molecule has 2 rings (SSSR count). The SMILES string of the molecule is CCCN(COC)C(=O)CCc1ccc(OCc2ccccc2)cc1. The lowest BCUT2D eigenvalue weighted by molar-refractivity contribution is -0.135. The van der Waals surface area contributed by atoms with E-state index in [-0.39, 0.29) is 5.91 Å². The second-order valence-electron chi connectivity index (χ2n) is 5.99. The molecule has 0 unspecified atom stereocenters. The van der Waals surface area contributed by atoms with Crippen LogP contribution in [-0.4, -0.2) is 31.2 Å². The lowest BCUT2D eigenvalue weighted by Gasteiger charge is -2.21. The van der Waals surface area contributed by atoms with Crippen molar-refractivity contribution in [3.63, 3.8) is 0 Å². The Bertz CT molecular complexity index is 619. The minimum Gasteiger partial charge on any atom is -0.489 e. The summed E-state index contributed by atoms with van der Waals surface area (Å²) in [5.74, 6) is 0.971. The zero-order valence-electron chi connectivity index (χ0n) is 15.1. The smallest absolute Gasteiger partial charge is 0.224 e. The number of hydrogen-bond acceptors (Lipinski definition) is 3. The number of methoxy groups -OCH3 is 1. The van der Waals surface area contributed by atoms with Gasteiger partial charge in [-0.2, -0.15) is 0 Å². The number of amides is 1. The van der Waals surface area contributed by atoms with Crippen molar-refractivity contribution in [3.8, 4) is 5.75 Å². The number of aryl methyl sites for hydroxylation is 1. The molecule has 0 atom stereocenters. The fourth-order valence-electron chi connectivity index (χ4n) is 2.59. The van der Waals surface area contributed by atoms with Gasteiger partial charge < -0.3 is 14.4 Å². The van der Waals surface area contributed by atoms with Gasteiger partial charge in [0.15, 0.2) is 0 Å². The van der Waals surface area contributed by atoms with Crippen LogP contribution < -0.4 is 4.74 Å². The van der Waals surface area contributed by atoms with Crippen molar-refractivity contribution in [2.45, 2.75) is 32.8 Å². The third-order valence-electron chi connectivity index (χ3n) is 3.93. The lowest BCUT2D eigenvalue weighted by atomic mass is 10.1. The number of hydrogen-bond donors (Lipinski definition) is 0. The van der Waals surface area contributed by atoms with Crippen LogP contribution in [-0.2, 0) is 22.6 Å². The molecule has 0 saturated carbocycles. The third-order valence-corrected chi connectivity index (χ3v) is 3.93. The molecule has 2 aromatic carbocycles. The molecule has 2 aromatic rings. The van der Waals surface area contributed by atoms with Crippen molar-refractivity contribution in [1.29, 1.82) is 0 Å². The van der Waals surface area contributed by atoms with Crippen molar-refractivity contribution in [1.82, 2.24) is 4.90 Å². The van der Waals surface area contributed by atoms with Crippen LogP contribution in [0.3, 0.4) is 0 Å². The Morgan fingerprint density at radius 2 is 1.72 bits per heavy atom. The summed E-state index contributed by atoms with van der Waals surface area (Å²) < 4.78 is 10.9. The molecule has 0 bridgehead atoms. The van der Waals surface area contributed by atoms with E-state index in [1.54, 1.807) is 12.0 Å². The van der Waals surface area contributed by atoms with Gasteiger partial charge >= 0.3 is 0 Å². The highest BCUT2D eigenvalue weighted by molar-refractivity contribution is 5.76. The molecule has 0 aliphatic carbocycles. The van der Waals surface area contributed by atoms with Gasteiger partial charge in [0.2, 0.25) is 5.91 Å². The van der Waals surface area contributed by atoms with Crippen molar-refractivity contribution in [2.24, 2.45) is 0 Å². The number of ether oxygens (including phenoxy) is 2. The lowest BCUT2D eigenvalue weighted by Crippen LogP contribution is -2.33. The number of rotatable bonds is 10. The molecule has 0 heterocycles. The molecule has 4 nitrogen and oxygen atoms in total. The van der Waals surface area contributed by atoms with E-state index in [0.717, 1.165) is 36.3 Å². The normalized spacial score (nSPS) is 10.5. The average molecular weight is 341 g/mol. The Morgan fingerprint density at radius 3 is 2.36 bits per heavy atom. The summed E-state index contributed by atoms with van der Waals surface area (Å²) in [6.07, 6.45) is 2.15. The average Bonchev–Trinajstić information content (AvgIpc) is 2.66. The molecule has 0 fully saturated rings. The highest BCUT2D eigenvalue weighted by atomic mass is 16.5. The molecule has 4 heteroatoms. The first-order chi connectivity index (χ1) is 12.2. The molecule has 25 heavy (non-hydrogen) atoms. The minimum atomic E-state index is 0.133. The number of carbonyl (C=O) groups excluding carboxylic acids is 1. The van der Waals surface area contributed by atoms with Crippen LogP contribution >= 0.6 is 0 Å². The predicted octanol–water partition coefficient (Wildman–Crippen LogP) is 4.04. The van der Waals surface area contributed by atoms with E-state index in [9.17, 15) is 4.79 Å². The van der Waals surface area contributed by atoms with E-state index < -0.39 is 0 Å². The molecule has 0 aliphatic heterocycles. The quantitative estimate of drug-likeness (QED) is 0.612. The highest BCUT2D eigenvalue weighted by Gasteiger charge is 2.12. The Balaban J connectivity index is 1.80. The van der Waals surface area contributed by atoms with Gasteiger partial charge in [-0.15, -0.1) is 0 Å². The molecular weight excluding hydrogens is 314 g/mol. The first kappa shape index (κ1) is 19.0. The highest BCUT2D eigenvalue weighted by Crippen LogP contribution is 2.15. The second kappa shape index (κ2) is 10.5. The van der Waals surface area contributed by atoms with Gasteiger partial charge in [-0.05, 0) is 36.1 Å². The Morgan fingerprint density at radius 1 is 1.00 bits per heavy atom. The monoisotopic (exact) mass is 341 g/mol. The van der Waals surface area contributed by atoms with Gasteiger partial charge in [-0.3, -0.25) is 4.79 Å². The Labute approximate surface area is 150 Å². The van der Waals surface area contributed by atoms with E-state index in [0.29, 0.717) is 19.8 Å². The topological polar surface area (TPSA) is 38.8 Å². The molecule has 0 radical (unpaired) electrons. The van der Waals surface area contributed by atoms with E-state index in [2.05, 4.69) is 6.92 Å². The van der Waals surface area contributed by atoms with E-state index in [4.69, 9.17) is 9.47 Å². The molecule has 0 aliphatic rings. The molecule has 134 valence electrons. The number of carbonyl (C=O) groups is 1. The fourth-order valence-corrected chi connectivity index (χ4v) is 2.59. The van der Waals surface area contributed by atoms with E-state index >= 15 is 0 Å². The van der Waals surface area contributed by atoms with Gasteiger partial charge in [0, 0.05) is 20.1 Å². The Kier molecular flexibility index (Phi) is 7.99. The zero-order valence-corrected chi connectivity index (χ0v) is 15.1. The summed E-state index contributed by atoms with van der Waals surface area (Å²) >= 11 is 0. The maximum Gasteiger partial charge on any atom is 0.224 e. The van der Waals surface area contributed by atoms with Crippen LogP contribution in [0.1, 0.15) is 30.9 Å².